The molecule has 0 radical (unpaired) electrons. The number of hydrogen-bond donors (Lipinski definition) is 2. The van der Waals surface area contributed by atoms with Gasteiger partial charge in [-0.1, -0.05) is 13.8 Å². The van der Waals surface area contributed by atoms with Crippen LogP contribution in [-0.4, -0.2) is 9.97 Å². The van der Waals surface area contributed by atoms with Crippen LogP contribution in [0.5, 0.6) is 0 Å². The number of nitriles is 1. The molecule has 1 aromatic heterocycles. The van der Waals surface area contributed by atoms with Gasteiger partial charge in [-0.3, -0.25) is 15.1 Å². The summed E-state index contributed by atoms with van der Waals surface area (Å²) in [6, 6.07) is 1.42. The number of H-pyrrole nitrogens is 1. The van der Waals surface area contributed by atoms with Gasteiger partial charge in [-0.2, -0.15) is 5.26 Å². The van der Waals surface area contributed by atoms with Crippen LogP contribution in [-0.2, 0) is 0 Å². The van der Waals surface area contributed by atoms with E-state index >= 15 is 0 Å². The lowest BCUT2D eigenvalue weighted by Gasteiger charge is -2.04. The van der Waals surface area contributed by atoms with E-state index in [0.29, 0.717) is 5.69 Å². The van der Waals surface area contributed by atoms with Crippen LogP contribution in [0.25, 0.3) is 0 Å². The molecular formula is C8H10N4O. The summed E-state index contributed by atoms with van der Waals surface area (Å²) in [7, 11) is 0. The summed E-state index contributed by atoms with van der Waals surface area (Å²) in [6.07, 6.45) is 1.69. The van der Waals surface area contributed by atoms with Crippen molar-refractivity contribution in [2.75, 3.05) is 5.32 Å². The first-order valence-corrected chi connectivity index (χ1v) is 3.90. The molecule has 0 aromatic carbocycles. The SMILES string of the molecule is CC(C)c1cc(=O)[nH]c(NC#N)n1. The Morgan fingerprint density at radius 3 is 2.92 bits per heavy atom. The van der Waals surface area contributed by atoms with Crippen LogP contribution in [0.4, 0.5) is 5.95 Å². The van der Waals surface area contributed by atoms with Gasteiger partial charge in [0, 0.05) is 6.07 Å². The van der Waals surface area contributed by atoms with E-state index in [1.807, 2.05) is 13.8 Å². The Labute approximate surface area is 75.4 Å². The van der Waals surface area contributed by atoms with Crippen molar-refractivity contribution < 1.29 is 0 Å². The lowest BCUT2D eigenvalue weighted by atomic mass is 10.1. The van der Waals surface area contributed by atoms with Gasteiger partial charge in [-0.15, -0.1) is 0 Å². The maximum absolute atomic E-state index is 11.0. The molecule has 1 rings (SSSR count). The summed E-state index contributed by atoms with van der Waals surface area (Å²) < 4.78 is 0. The molecule has 13 heavy (non-hydrogen) atoms. The second kappa shape index (κ2) is 3.72. The fourth-order valence-electron chi connectivity index (χ4n) is 0.884. The lowest BCUT2D eigenvalue weighted by molar-refractivity contribution is 0.812. The molecular weight excluding hydrogens is 168 g/mol. The van der Waals surface area contributed by atoms with Crippen LogP contribution in [0.2, 0.25) is 0 Å². The molecule has 0 bridgehead atoms. The molecule has 0 spiro atoms. The van der Waals surface area contributed by atoms with E-state index in [4.69, 9.17) is 5.26 Å². The lowest BCUT2D eigenvalue weighted by Crippen LogP contribution is -2.12. The second-order valence-corrected chi connectivity index (χ2v) is 2.91. The standard InChI is InChI=1S/C8H10N4O/c1-5(2)6-3-7(13)12-8(11-6)10-4-9/h3,5H,1-2H3,(H2,10,11,12,13). The third-order valence-corrected chi connectivity index (χ3v) is 1.53. The van der Waals surface area contributed by atoms with Gasteiger partial charge in [-0.25, -0.2) is 4.98 Å². The van der Waals surface area contributed by atoms with Gasteiger partial charge in [0.15, 0.2) is 6.19 Å². The van der Waals surface area contributed by atoms with E-state index in [1.54, 1.807) is 6.19 Å². The van der Waals surface area contributed by atoms with Gasteiger partial charge in [0.05, 0.1) is 5.69 Å². The van der Waals surface area contributed by atoms with Crippen LogP contribution in [0, 0.1) is 11.5 Å². The monoisotopic (exact) mass is 178 g/mol. The highest BCUT2D eigenvalue weighted by molar-refractivity contribution is 5.30. The van der Waals surface area contributed by atoms with Crippen molar-refractivity contribution in [3.63, 3.8) is 0 Å². The molecule has 5 nitrogen and oxygen atoms in total. The molecule has 0 aliphatic rings. The van der Waals surface area contributed by atoms with Crippen molar-refractivity contribution in [3.8, 4) is 6.19 Å². The largest absolute Gasteiger partial charge is 0.292 e. The topological polar surface area (TPSA) is 81.6 Å². The number of nitrogens with zero attached hydrogens (tertiary/aromatic N) is 2. The molecule has 1 heterocycles. The summed E-state index contributed by atoms with van der Waals surface area (Å²) in [5, 5.41) is 10.6. The smallest absolute Gasteiger partial charge is 0.252 e. The number of rotatable bonds is 2. The summed E-state index contributed by atoms with van der Waals surface area (Å²) in [5.41, 5.74) is 0.415. The molecule has 0 fully saturated rings. The third-order valence-electron chi connectivity index (χ3n) is 1.53. The Hall–Kier alpha value is -1.83. The van der Waals surface area contributed by atoms with Crippen LogP contribution >= 0.6 is 0 Å². The summed E-state index contributed by atoms with van der Waals surface area (Å²) >= 11 is 0. The zero-order chi connectivity index (χ0) is 9.84. The van der Waals surface area contributed by atoms with E-state index in [1.165, 1.54) is 6.07 Å². The van der Waals surface area contributed by atoms with Crippen molar-refractivity contribution >= 4 is 5.95 Å². The average molecular weight is 178 g/mol. The van der Waals surface area contributed by atoms with Crippen molar-refractivity contribution in [1.29, 1.82) is 5.26 Å². The number of anilines is 1. The van der Waals surface area contributed by atoms with Gasteiger partial charge in [-0.05, 0) is 5.92 Å². The Balaban J connectivity index is 3.13. The second-order valence-electron chi connectivity index (χ2n) is 2.91. The molecule has 0 atom stereocenters. The molecule has 5 heteroatoms. The van der Waals surface area contributed by atoms with Crippen molar-refractivity contribution in [2.24, 2.45) is 0 Å². The molecule has 0 aliphatic heterocycles. The Morgan fingerprint density at radius 2 is 2.38 bits per heavy atom. The molecule has 0 saturated carbocycles. The van der Waals surface area contributed by atoms with Crippen LogP contribution in [0.1, 0.15) is 25.5 Å². The molecule has 1 aromatic rings. The molecule has 68 valence electrons. The van der Waals surface area contributed by atoms with Gasteiger partial charge in [0.2, 0.25) is 5.95 Å². The van der Waals surface area contributed by atoms with Gasteiger partial charge in [0.25, 0.3) is 5.56 Å². The average Bonchev–Trinajstić information content (AvgIpc) is 2.03. The van der Waals surface area contributed by atoms with Crippen LogP contribution < -0.4 is 10.9 Å². The maximum atomic E-state index is 11.0. The molecule has 0 amide bonds. The van der Waals surface area contributed by atoms with Crippen molar-refractivity contribution in [2.45, 2.75) is 19.8 Å². The molecule has 0 unspecified atom stereocenters. The normalized spacial score (nSPS) is 9.69. The highest BCUT2D eigenvalue weighted by atomic mass is 16.1. The van der Waals surface area contributed by atoms with E-state index in [-0.39, 0.29) is 17.4 Å². The Morgan fingerprint density at radius 1 is 1.69 bits per heavy atom. The third kappa shape index (κ3) is 2.30. The minimum absolute atomic E-state index is 0.168. The summed E-state index contributed by atoms with van der Waals surface area (Å²) in [6.45, 7) is 3.86. The molecule has 2 N–H and O–H groups in total. The molecule has 0 aliphatic carbocycles. The summed E-state index contributed by atoms with van der Waals surface area (Å²) in [4.78, 5) is 17.5. The quantitative estimate of drug-likeness (QED) is 0.518. The summed E-state index contributed by atoms with van der Waals surface area (Å²) in [5.74, 6) is 0.361. The highest BCUT2D eigenvalue weighted by Crippen LogP contribution is 2.09. The fraction of sp³-hybridized carbons (Fsp3) is 0.375. The first-order chi connectivity index (χ1) is 6.13. The first kappa shape index (κ1) is 9.26. The predicted octanol–water partition coefficient (Wildman–Crippen LogP) is 0.786. The van der Waals surface area contributed by atoms with Gasteiger partial charge >= 0.3 is 0 Å². The highest BCUT2D eigenvalue weighted by Gasteiger charge is 2.03. The number of nitrogens with one attached hydrogen (secondary N) is 2. The minimum Gasteiger partial charge on any atom is -0.292 e. The van der Waals surface area contributed by atoms with Crippen molar-refractivity contribution in [1.82, 2.24) is 9.97 Å². The maximum Gasteiger partial charge on any atom is 0.252 e. The van der Waals surface area contributed by atoms with Gasteiger partial charge in [0.1, 0.15) is 0 Å². The number of hydrogen-bond acceptors (Lipinski definition) is 4. The van der Waals surface area contributed by atoms with Crippen molar-refractivity contribution in [3.05, 3.63) is 22.1 Å². The predicted molar refractivity (Wildman–Crippen MR) is 48.2 cm³/mol. The van der Waals surface area contributed by atoms with E-state index in [9.17, 15) is 4.79 Å². The first-order valence-electron chi connectivity index (χ1n) is 3.90. The number of aromatic amines is 1. The number of aromatic nitrogens is 2. The Bertz CT molecular complexity index is 388. The van der Waals surface area contributed by atoms with E-state index < -0.39 is 0 Å². The zero-order valence-corrected chi connectivity index (χ0v) is 7.46. The van der Waals surface area contributed by atoms with E-state index in [0.717, 1.165) is 0 Å². The zero-order valence-electron chi connectivity index (χ0n) is 7.46. The van der Waals surface area contributed by atoms with Crippen LogP contribution in [0.3, 0.4) is 0 Å². The Kier molecular flexibility index (Phi) is 2.65. The van der Waals surface area contributed by atoms with E-state index in [2.05, 4.69) is 15.3 Å². The van der Waals surface area contributed by atoms with Crippen LogP contribution in [0.15, 0.2) is 10.9 Å². The fourth-order valence-corrected chi connectivity index (χ4v) is 0.884. The minimum atomic E-state index is -0.253. The molecule has 0 saturated heterocycles. The van der Waals surface area contributed by atoms with Gasteiger partial charge < -0.3 is 0 Å².